The maximum absolute atomic E-state index is 11.5. The average Bonchev–Trinajstić information content (AvgIpc) is 2.56. The summed E-state index contributed by atoms with van der Waals surface area (Å²) in [6.07, 6.45) is 0. The Labute approximate surface area is 150 Å². The number of halogens is 1. The van der Waals surface area contributed by atoms with Crippen LogP contribution in [0.15, 0.2) is 60.7 Å². The van der Waals surface area contributed by atoms with Gasteiger partial charge in [0.1, 0.15) is 0 Å². The number of carbonyl (C=O) groups excluding carboxylic acids is 1. The van der Waals surface area contributed by atoms with Crippen molar-refractivity contribution >= 4 is 35.5 Å². The first kappa shape index (κ1) is 18.9. The van der Waals surface area contributed by atoms with E-state index in [4.69, 9.17) is 16.0 Å². The Balaban J connectivity index is 2.59. The third-order valence-electron chi connectivity index (χ3n) is 4.35. The van der Waals surface area contributed by atoms with Gasteiger partial charge in [0.2, 0.25) is 5.24 Å². The highest BCUT2D eigenvalue weighted by Crippen LogP contribution is 2.37. The molecule has 0 aliphatic heterocycles. The van der Waals surface area contributed by atoms with E-state index in [0.29, 0.717) is 6.61 Å². The molecule has 2 nitrogen and oxygen atoms in total. The summed E-state index contributed by atoms with van der Waals surface area (Å²) in [6, 6.07) is 20.8. The van der Waals surface area contributed by atoms with E-state index < -0.39 is 8.32 Å². The van der Waals surface area contributed by atoms with Crippen LogP contribution in [0.2, 0.25) is 5.04 Å². The van der Waals surface area contributed by atoms with E-state index in [1.54, 1.807) is 0 Å². The average molecular weight is 361 g/mol. The van der Waals surface area contributed by atoms with Gasteiger partial charge >= 0.3 is 0 Å². The molecule has 2 rings (SSSR count). The molecule has 2 aromatic rings. The van der Waals surface area contributed by atoms with Crippen LogP contribution >= 0.6 is 11.6 Å². The molecule has 4 heteroatoms. The standard InChI is InChI=1S/C20H25ClO2Si/c1-16(19(21)22)15-23-24(20(2,3)4,17-11-7-5-8-12-17)18-13-9-6-10-14-18/h5-14,16H,15H2,1-4H3/t16-/m0/s1. The molecule has 0 saturated carbocycles. The van der Waals surface area contributed by atoms with E-state index in [-0.39, 0.29) is 16.2 Å². The zero-order valence-electron chi connectivity index (χ0n) is 14.8. The van der Waals surface area contributed by atoms with Crippen LogP contribution in [-0.4, -0.2) is 20.2 Å². The molecule has 0 aliphatic rings. The second kappa shape index (κ2) is 7.64. The first-order valence-electron chi connectivity index (χ1n) is 8.23. The Morgan fingerprint density at radius 1 is 1.00 bits per heavy atom. The van der Waals surface area contributed by atoms with Crippen molar-refractivity contribution < 1.29 is 9.22 Å². The predicted molar refractivity (Wildman–Crippen MR) is 104 cm³/mol. The minimum atomic E-state index is -2.57. The molecule has 128 valence electrons. The molecule has 0 aromatic heterocycles. The first-order valence-corrected chi connectivity index (χ1v) is 10.5. The highest BCUT2D eigenvalue weighted by molar-refractivity contribution is 6.99. The lowest BCUT2D eigenvalue weighted by Gasteiger charge is -2.43. The summed E-state index contributed by atoms with van der Waals surface area (Å²) in [4.78, 5) is 11.5. The largest absolute Gasteiger partial charge is 0.407 e. The number of benzene rings is 2. The fourth-order valence-corrected chi connectivity index (χ4v) is 7.80. The minimum absolute atomic E-state index is 0.0925. The van der Waals surface area contributed by atoms with Crippen LogP contribution in [0.4, 0.5) is 0 Å². The lowest BCUT2D eigenvalue weighted by molar-refractivity contribution is -0.115. The van der Waals surface area contributed by atoms with Gasteiger partial charge in [0.25, 0.3) is 8.32 Å². The van der Waals surface area contributed by atoms with Crippen LogP contribution in [-0.2, 0) is 9.22 Å². The van der Waals surface area contributed by atoms with Gasteiger partial charge in [-0.2, -0.15) is 0 Å². The molecule has 0 saturated heterocycles. The topological polar surface area (TPSA) is 26.3 Å². The monoisotopic (exact) mass is 360 g/mol. The summed E-state index contributed by atoms with van der Waals surface area (Å²) in [5.41, 5.74) is 0. The maximum Gasteiger partial charge on any atom is 0.261 e. The lowest BCUT2D eigenvalue weighted by Crippen LogP contribution is -2.67. The van der Waals surface area contributed by atoms with Crippen LogP contribution in [0.25, 0.3) is 0 Å². The second-order valence-electron chi connectivity index (χ2n) is 7.18. The van der Waals surface area contributed by atoms with Crippen molar-refractivity contribution in [3.8, 4) is 0 Å². The SMILES string of the molecule is C[C@@H](CO[Si](c1ccccc1)(c1ccccc1)C(C)(C)C)C(=O)Cl. The maximum atomic E-state index is 11.5. The van der Waals surface area contributed by atoms with E-state index in [1.807, 2.05) is 43.3 Å². The molecule has 0 aliphatic carbocycles. The highest BCUT2D eigenvalue weighted by atomic mass is 35.5. The predicted octanol–water partition coefficient (Wildman–Crippen LogP) is 3.96. The third kappa shape index (κ3) is 3.80. The van der Waals surface area contributed by atoms with E-state index in [0.717, 1.165) is 0 Å². The number of hydrogen-bond donors (Lipinski definition) is 0. The summed E-state index contributed by atoms with van der Waals surface area (Å²) < 4.78 is 6.62. The zero-order valence-corrected chi connectivity index (χ0v) is 16.5. The molecule has 24 heavy (non-hydrogen) atoms. The van der Waals surface area contributed by atoms with Crippen LogP contribution in [0.3, 0.4) is 0 Å². The Hall–Kier alpha value is -1.42. The zero-order chi connectivity index (χ0) is 17.8. The van der Waals surface area contributed by atoms with Crippen molar-refractivity contribution in [3.63, 3.8) is 0 Å². The molecule has 0 bridgehead atoms. The van der Waals surface area contributed by atoms with Gasteiger partial charge in [-0.25, -0.2) is 0 Å². The molecule has 2 aromatic carbocycles. The van der Waals surface area contributed by atoms with Gasteiger partial charge < -0.3 is 4.43 Å². The smallest absolute Gasteiger partial charge is 0.261 e. The molecular formula is C20H25ClO2Si. The van der Waals surface area contributed by atoms with Crippen LogP contribution in [0, 0.1) is 5.92 Å². The molecule has 0 radical (unpaired) electrons. The third-order valence-corrected chi connectivity index (χ3v) is 9.73. The van der Waals surface area contributed by atoms with Gasteiger partial charge in [0, 0.05) is 6.61 Å². The molecule has 0 heterocycles. The van der Waals surface area contributed by atoms with Crippen LogP contribution in [0.5, 0.6) is 0 Å². The minimum Gasteiger partial charge on any atom is -0.407 e. The van der Waals surface area contributed by atoms with Gasteiger partial charge in [0.15, 0.2) is 0 Å². The molecule has 0 fully saturated rings. The van der Waals surface area contributed by atoms with Crippen molar-refractivity contribution in [2.75, 3.05) is 6.61 Å². The molecule has 0 N–H and O–H groups in total. The molecule has 0 unspecified atom stereocenters. The Morgan fingerprint density at radius 3 is 1.75 bits per heavy atom. The molecule has 0 amide bonds. The Kier molecular flexibility index (Phi) is 6.02. The van der Waals surface area contributed by atoms with E-state index in [9.17, 15) is 4.79 Å². The number of rotatable bonds is 6. The molecular weight excluding hydrogens is 336 g/mol. The van der Waals surface area contributed by atoms with Gasteiger partial charge in [-0.05, 0) is 27.0 Å². The Morgan fingerprint density at radius 2 is 1.42 bits per heavy atom. The second-order valence-corrected chi connectivity index (χ2v) is 11.9. The fourth-order valence-electron chi connectivity index (χ4n) is 3.08. The highest BCUT2D eigenvalue weighted by Gasteiger charge is 2.50. The van der Waals surface area contributed by atoms with E-state index >= 15 is 0 Å². The summed E-state index contributed by atoms with van der Waals surface area (Å²) in [5, 5.41) is 1.97. The number of hydrogen-bond acceptors (Lipinski definition) is 2. The fraction of sp³-hybridized carbons (Fsp3) is 0.350. The van der Waals surface area contributed by atoms with Gasteiger partial charge in [-0.15, -0.1) is 0 Å². The van der Waals surface area contributed by atoms with Gasteiger partial charge in [-0.1, -0.05) is 88.4 Å². The summed E-state index contributed by atoms with van der Waals surface area (Å²) >= 11 is 5.66. The van der Waals surface area contributed by atoms with Crippen LogP contribution < -0.4 is 10.4 Å². The van der Waals surface area contributed by atoms with Crippen LogP contribution in [0.1, 0.15) is 27.7 Å². The quantitative estimate of drug-likeness (QED) is 0.575. The normalized spacial score (nSPS) is 13.5. The summed E-state index contributed by atoms with van der Waals surface area (Å²) in [7, 11) is -2.57. The van der Waals surface area contributed by atoms with E-state index in [1.165, 1.54) is 10.4 Å². The van der Waals surface area contributed by atoms with Crippen molar-refractivity contribution in [2.45, 2.75) is 32.7 Å². The van der Waals surface area contributed by atoms with Crippen molar-refractivity contribution in [1.29, 1.82) is 0 Å². The Bertz CT molecular complexity index is 626. The molecule has 1 atom stereocenters. The molecule has 0 spiro atoms. The van der Waals surface area contributed by atoms with Crippen molar-refractivity contribution in [2.24, 2.45) is 5.92 Å². The van der Waals surface area contributed by atoms with Gasteiger partial charge in [-0.3, -0.25) is 4.79 Å². The number of carbonyl (C=O) groups is 1. The first-order chi connectivity index (χ1) is 11.3. The summed E-state index contributed by atoms with van der Waals surface area (Å²) in [5.74, 6) is -0.326. The summed E-state index contributed by atoms with van der Waals surface area (Å²) in [6.45, 7) is 8.79. The van der Waals surface area contributed by atoms with E-state index in [2.05, 4.69) is 45.0 Å². The van der Waals surface area contributed by atoms with Gasteiger partial charge in [0.05, 0.1) is 5.92 Å². The lowest BCUT2D eigenvalue weighted by atomic mass is 10.2. The van der Waals surface area contributed by atoms with Crippen molar-refractivity contribution in [3.05, 3.63) is 60.7 Å². The van der Waals surface area contributed by atoms with Crippen molar-refractivity contribution in [1.82, 2.24) is 0 Å².